The summed E-state index contributed by atoms with van der Waals surface area (Å²) in [6.07, 6.45) is 0. The van der Waals surface area contributed by atoms with Gasteiger partial charge in [-0.15, -0.1) is 22.0 Å². The van der Waals surface area contributed by atoms with Gasteiger partial charge in [-0.2, -0.15) is 0 Å². The second-order valence-electron chi connectivity index (χ2n) is 7.36. The first-order chi connectivity index (χ1) is 16.1. The number of aromatic nitrogens is 3. The van der Waals surface area contributed by atoms with Crippen LogP contribution in [0.2, 0.25) is 0 Å². The SMILES string of the molecule is Cc1cc(NC(=O)CSc2nnc(N3CCN(C(=O)CSCc4ccccc4)CC3)s2)no1. The molecule has 0 radical (unpaired) electrons. The average molecular weight is 505 g/mol. The Balaban J connectivity index is 1.17. The molecule has 33 heavy (non-hydrogen) atoms. The highest BCUT2D eigenvalue weighted by molar-refractivity contribution is 8.01. The predicted octanol–water partition coefficient (Wildman–Crippen LogP) is 3.15. The number of thioether (sulfide) groups is 2. The Labute approximate surface area is 204 Å². The molecule has 0 bridgehead atoms. The molecular weight excluding hydrogens is 480 g/mol. The Morgan fingerprint density at radius 1 is 1.12 bits per heavy atom. The van der Waals surface area contributed by atoms with Gasteiger partial charge in [-0.3, -0.25) is 9.59 Å². The third kappa shape index (κ3) is 6.95. The third-order valence-corrected chi connectivity index (χ3v) is 7.96. The molecule has 174 valence electrons. The van der Waals surface area contributed by atoms with E-state index in [1.165, 1.54) is 28.7 Å². The minimum Gasteiger partial charge on any atom is -0.360 e. The maximum atomic E-state index is 12.5. The quantitative estimate of drug-likeness (QED) is 0.440. The summed E-state index contributed by atoms with van der Waals surface area (Å²) in [6, 6.07) is 11.9. The molecular formula is C21H24N6O3S3. The van der Waals surface area contributed by atoms with Gasteiger partial charge in [-0.1, -0.05) is 58.6 Å². The Morgan fingerprint density at radius 3 is 2.64 bits per heavy atom. The summed E-state index contributed by atoms with van der Waals surface area (Å²) in [5.41, 5.74) is 1.23. The van der Waals surface area contributed by atoms with E-state index in [1.807, 2.05) is 23.1 Å². The number of rotatable bonds is 9. The lowest BCUT2D eigenvalue weighted by Crippen LogP contribution is -2.49. The van der Waals surface area contributed by atoms with E-state index in [4.69, 9.17) is 4.52 Å². The average Bonchev–Trinajstić information content (AvgIpc) is 3.47. The van der Waals surface area contributed by atoms with Gasteiger partial charge in [-0.25, -0.2) is 0 Å². The Hall–Kier alpha value is -2.57. The standard InChI is InChI=1S/C21H24N6O3S3/c1-15-11-17(25-30-15)22-18(28)13-32-21-24-23-20(33-21)27-9-7-26(8-10-27)19(29)14-31-12-16-5-3-2-4-6-16/h2-6,11H,7-10,12-14H2,1H3,(H,22,25,28). The summed E-state index contributed by atoms with van der Waals surface area (Å²) in [5.74, 6) is 2.59. The fraction of sp³-hybridized carbons (Fsp3) is 0.381. The summed E-state index contributed by atoms with van der Waals surface area (Å²) in [4.78, 5) is 28.6. The molecule has 1 saturated heterocycles. The van der Waals surface area contributed by atoms with Gasteiger partial charge in [0.2, 0.25) is 16.9 Å². The molecule has 3 aromatic rings. The maximum Gasteiger partial charge on any atom is 0.236 e. The number of nitrogens with one attached hydrogen (secondary N) is 1. The van der Waals surface area contributed by atoms with Crippen molar-refractivity contribution in [2.24, 2.45) is 0 Å². The van der Waals surface area contributed by atoms with Crippen molar-refractivity contribution in [3.05, 3.63) is 47.7 Å². The summed E-state index contributed by atoms with van der Waals surface area (Å²) in [5, 5.41) is 15.7. The smallest absolute Gasteiger partial charge is 0.236 e. The Kier molecular flexibility index (Phi) is 8.24. The van der Waals surface area contributed by atoms with Crippen molar-refractivity contribution < 1.29 is 14.1 Å². The van der Waals surface area contributed by atoms with E-state index in [0.29, 0.717) is 30.4 Å². The van der Waals surface area contributed by atoms with E-state index in [9.17, 15) is 9.59 Å². The molecule has 1 aromatic carbocycles. The van der Waals surface area contributed by atoms with Crippen LogP contribution in [0.25, 0.3) is 0 Å². The van der Waals surface area contributed by atoms with Crippen molar-refractivity contribution in [3.8, 4) is 0 Å². The van der Waals surface area contributed by atoms with Gasteiger partial charge < -0.3 is 19.6 Å². The van der Waals surface area contributed by atoms with Crippen LogP contribution in [-0.2, 0) is 15.3 Å². The Bertz CT molecular complexity index is 1070. The fourth-order valence-corrected chi connectivity index (χ4v) is 5.77. The molecule has 0 saturated carbocycles. The van der Waals surface area contributed by atoms with Gasteiger partial charge in [0.25, 0.3) is 0 Å². The second kappa shape index (κ2) is 11.5. The van der Waals surface area contributed by atoms with Crippen molar-refractivity contribution >= 4 is 57.6 Å². The first-order valence-electron chi connectivity index (χ1n) is 10.4. The fourth-order valence-electron chi connectivity index (χ4n) is 3.19. The van der Waals surface area contributed by atoms with Crippen LogP contribution in [-0.4, -0.2) is 69.8 Å². The predicted molar refractivity (Wildman–Crippen MR) is 132 cm³/mol. The number of carbonyl (C=O) groups is 2. The lowest BCUT2D eigenvalue weighted by Gasteiger charge is -2.34. The third-order valence-electron chi connectivity index (χ3n) is 4.86. The van der Waals surface area contributed by atoms with Gasteiger partial charge in [0, 0.05) is 38.0 Å². The molecule has 9 nitrogen and oxygen atoms in total. The number of amides is 2. The van der Waals surface area contributed by atoms with Crippen LogP contribution in [0.1, 0.15) is 11.3 Å². The van der Waals surface area contributed by atoms with Crippen LogP contribution in [0.4, 0.5) is 10.9 Å². The molecule has 12 heteroatoms. The van der Waals surface area contributed by atoms with Crippen molar-refractivity contribution in [1.29, 1.82) is 0 Å². The number of hydrogen-bond acceptors (Lipinski definition) is 10. The van der Waals surface area contributed by atoms with Crippen molar-refractivity contribution in [1.82, 2.24) is 20.3 Å². The number of benzene rings is 1. The lowest BCUT2D eigenvalue weighted by atomic mass is 10.2. The highest BCUT2D eigenvalue weighted by Crippen LogP contribution is 2.29. The first kappa shape index (κ1) is 23.6. The molecule has 0 aliphatic carbocycles. The molecule has 2 aromatic heterocycles. The monoisotopic (exact) mass is 504 g/mol. The molecule has 0 spiro atoms. The summed E-state index contributed by atoms with van der Waals surface area (Å²) < 4.78 is 5.66. The zero-order chi connectivity index (χ0) is 23.0. The number of aryl methyl sites for hydroxylation is 1. The lowest BCUT2D eigenvalue weighted by molar-refractivity contribution is -0.128. The van der Waals surface area contributed by atoms with E-state index < -0.39 is 0 Å². The van der Waals surface area contributed by atoms with Crippen molar-refractivity contribution in [2.45, 2.75) is 17.0 Å². The van der Waals surface area contributed by atoms with Gasteiger partial charge in [0.1, 0.15) is 5.76 Å². The Morgan fingerprint density at radius 2 is 1.91 bits per heavy atom. The molecule has 1 aliphatic heterocycles. The molecule has 1 N–H and O–H groups in total. The van der Waals surface area contributed by atoms with Crippen LogP contribution in [0.5, 0.6) is 0 Å². The van der Waals surface area contributed by atoms with E-state index in [2.05, 4.69) is 37.7 Å². The molecule has 3 heterocycles. The highest BCUT2D eigenvalue weighted by atomic mass is 32.2. The van der Waals surface area contributed by atoms with Crippen LogP contribution < -0.4 is 10.2 Å². The van der Waals surface area contributed by atoms with Crippen molar-refractivity contribution in [2.75, 3.05) is 47.9 Å². The minimum atomic E-state index is -0.178. The number of nitrogens with zero attached hydrogens (tertiary/aromatic N) is 5. The number of piperazine rings is 1. The summed E-state index contributed by atoms with van der Waals surface area (Å²) in [7, 11) is 0. The van der Waals surface area contributed by atoms with E-state index in [1.54, 1.807) is 24.8 Å². The number of hydrogen-bond donors (Lipinski definition) is 1. The number of anilines is 2. The summed E-state index contributed by atoms with van der Waals surface area (Å²) >= 11 is 4.44. The van der Waals surface area contributed by atoms with Crippen LogP contribution in [0, 0.1) is 6.92 Å². The van der Waals surface area contributed by atoms with Crippen LogP contribution in [0.15, 0.2) is 45.3 Å². The van der Waals surface area contributed by atoms with Gasteiger partial charge >= 0.3 is 0 Å². The first-order valence-corrected chi connectivity index (χ1v) is 13.4. The molecule has 4 rings (SSSR count). The van der Waals surface area contributed by atoms with E-state index in [0.717, 1.165) is 28.3 Å². The molecule has 2 amide bonds. The normalized spacial score (nSPS) is 13.8. The summed E-state index contributed by atoms with van der Waals surface area (Å²) in [6.45, 7) is 4.56. The zero-order valence-electron chi connectivity index (χ0n) is 18.1. The van der Waals surface area contributed by atoms with Crippen LogP contribution >= 0.6 is 34.9 Å². The minimum absolute atomic E-state index is 0.178. The molecule has 0 atom stereocenters. The molecule has 0 unspecified atom stereocenters. The largest absolute Gasteiger partial charge is 0.360 e. The van der Waals surface area contributed by atoms with Gasteiger partial charge in [0.15, 0.2) is 10.2 Å². The van der Waals surface area contributed by atoms with E-state index in [-0.39, 0.29) is 17.6 Å². The molecule has 1 aliphatic rings. The second-order valence-corrected chi connectivity index (χ2v) is 10.5. The number of carbonyl (C=O) groups excluding carboxylic acids is 2. The molecule has 1 fully saturated rings. The zero-order valence-corrected chi connectivity index (χ0v) is 20.5. The maximum absolute atomic E-state index is 12.5. The van der Waals surface area contributed by atoms with Crippen LogP contribution in [0.3, 0.4) is 0 Å². The van der Waals surface area contributed by atoms with Gasteiger partial charge in [-0.05, 0) is 12.5 Å². The van der Waals surface area contributed by atoms with Crippen molar-refractivity contribution in [3.63, 3.8) is 0 Å². The highest BCUT2D eigenvalue weighted by Gasteiger charge is 2.23. The van der Waals surface area contributed by atoms with Gasteiger partial charge in [0.05, 0.1) is 11.5 Å². The van der Waals surface area contributed by atoms with E-state index >= 15 is 0 Å². The topological polar surface area (TPSA) is 104 Å².